The fourth-order valence-electron chi connectivity index (χ4n) is 2.23. The van der Waals surface area contributed by atoms with E-state index in [9.17, 15) is 5.11 Å². The van der Waals surface area contributed by atoms with E-state index in [-0.39, 0.29) is 0 Å². The molecule has 0 fully saturated rings. The van der Waals surface area contributed by atoms with Crippen LogP contribution in [0, 0.1) is 6.92 Å². The zero-order valence-corrected chi connectivity index (χ0v) is 12.5. The largest absolute Gasteiger partial charge is 0.387 e. The molecule has 0 radical (unpaired) electrons. The number of aromatic nitrogens is 2. The lowest BCUT2D eigenvalue weighted by Crippen LogP contribution is -2.29. The van der Waals surface area contributed by atoms with Crippen molar-refractivity contribution in [2.75, 3.05) is 13.1 Å². The number of aliphatic hydroxyl groups excluding tert-OH is 1. The van der Waals surface area contributed by atoms with E-state index < -0.39 is 6.10 Å². The van der Waals surface area contributed by atoms with Crippen LogP contribution in [0.1, 0.15) is 29.8 Å². The van der Waals surface area contributed by atoms with Gasteiger partial charge in [-0.05, 0) is 25.1 Å². The van der Waals surface area contributed by atoms with Crippen LogP contribution in [0.2, 0.25) is 0 Å². The summed E-state index contributed by atoms with van der Waals surface area (Å²) >= 11 is 0. The number of hydrogen-bond donors (Lipinski definition) is 1. The molecular formula is C16H23N3O. The highest BCUT2D eigenvalue weighted by Gasteiger charge is 2.13. The number of aryl methyl sites for hydroxylation is 2. The third-order valence-electron chi connectivity index (χ3n) is 3.65. The van der Waals surface area contributed by atoms with Gasteiger partial charge in [-0.25, -0.2) is 0 Å². The number of hydrogen-bond acceptors (Lipinski definition) is 3. The minimum absolute atomic E-state index is 0.455. The predicted octanol–water partition coefficient (Wildman–Crippen LogP) is 2.28. The Hall–Kier alpha value is -1.65. The van der Waals surface area contributed by atoms with Gasteiger partial charge in [0.25, 0.3) is 0 Å². The van der Waals surface area contributed by atoms with Gasteiger partial charge in [0.1, 0.15) is 0 Å². The highest BCUT2D eigenvalue weighted by Crippen LogP contribution is 2.16. The Morgan fingerprint density at radius 3 is 2.50 bits per heavy atom. The van der Waals surface area contributed by atoms with Gasteiger partial charge in [-0.15, -0.1) is 0 Å². The molecule has 0 amide bonds. The van der Waals surface area contributed by atoms with Gasteiger partial charge in [0.15, 0.2) is 0 Å². The molecule has 108 valence electrons. The molecule has 2 rings (SSSR count). The minimum Gasteiger partial charge on any atom is -0.387 e. The van der Waals surface area contributed by atoms with Gasteiger partial charge < -0.3 is 5.11 Å². The number of nitrogens with zero attached hydrogens (tertiary/aromatic N) is 3. The molecule has 2 aromatic rings. The second kappa shape index (κ2) is 6.68. The topological polar surface area (TPSA) is 41.3 Å². The molecule has 0 saturated heterocycles. The van der Waals surface area contributed by atoms with Crippen LogP contribution in [-0.4, -0.2) is 32.9 Å². The van der Waals surface area contributed by atoms with Crippen LogP contribution in [0.15, 0.2) is 36.5 Å². The molecule has 0 aliphatic heterocycles. The molecule has 0 aliphatic rings. The Balaban J connectivity index is 1.99. The SMILES string of the molecule is CCN(Cc1ccnn1C)CC(O)c1ccc(C)cc1. The Morgan fingerprint density at radius 2 is 1.95 bits per heavy atom. The van der Waals surface area contributed by atoms with E-state index >= 15 is 0 Å². The highest BCUT2D eigenvalue weighted by atomic mass is 16.3. The van der Waals surface area contributed by atoms with E-state index in [0.29, 0.717) is 6.54 Å². The number of rotatable bonds is 6. The van der Waals surface area contributed by atoms with E-state index in [1.165, 1.54) is 5.56 Å². The van der Waals surface area contributed by atoms with Crippen molar-refractivity contribution >= 4 is 0 Å². The first kappa shape index (κ1) is 14.8. The maximum absolute atomic E-state index is 10.3. The molecule has 0 saturated carbocycles. The Morgan fingerprint density at radius 1 is 1.25 bits per heavy atom. The fourth-order valence-corrected chi connectivity index (χ4v) is 2.23. The monoisotopic (exact) mass is 273 g/mol. The predicted molar refractivity (Wildman–Crippen MR) is 80.3 cm³/mol. The van der Waals surface area contributed by atoms with Gasteiger partial charge in [0.2, 0.25) is 0 Å². The first-order valence-corrected chi connectivity index (χ1v) is 7.04. The molecule has 1 aromatic carbocycles. The summed E-state index contributed by atoms with van der Waals surface area (Å²) in [7, 11) is 1.94. The van der Waals surface area contributed by atoms with Gasteiger partial charge in [0.05, 0.1) is 11.8 Å². The van der Waals surface area contributed by atoms with E-state index in [2.05, 4.69) is 23.8 Å². The van der Waals surface area contributed by atoms with Gasteiger partial charge in [-0.2, -0.15) is 5.10 Å². The summed E-state index contributed by atoms with van der Waals surface area (Å²) in [6, 6.07) is 10.1. The molecule has 1 aromatic heterocycles. The second-order valence-electron chi connectivity index (χ2n) is 5.20. The van der Waals surface area contributed by atoms with Crippen molar-refractivity contribution in [2.45, 2.75) is 26.5 Å². The fraction of sp³-hybridized carbons (Fsp3) is 0.438. The van der Waals surface area contributed by atoms with Crippen LogP contribution in [-0.2, 0) is 13.6 Å². The van der Waals surface area contributed by atoms with Crippen LogP contribution >= 0.6 is 0 Å². The lowest BCUT2D eigenvalue weighted by Gasteiger charge is -2.23. The van der Waals surface area contributed by atoms with Crippen molar-refractivity contribution in [3.63, 3.8) is 0 Å². The summed E-state index contributed by atoms with van der Waals surface area (Å²) in [6.07, 6.45) is 1.35. The Labute approximate surface area is 120 Å². The van der Waals surface area contributed by atoms with Crippen LogP contribution in [0.4, 0.5) is 0 Å². The van der Waals surface area contributed by atoms with Gasteiger partial charge >= 0.3 is 0 Å². The normalized spacial score (nSPS) is 12.8. The smallest absolute Gasteiger partial charge is 0.0917 e. The standard InChI is InChI=1S/C16H23N3O/c1-4-19(11-15-9-10-17-18(15)3)12-16(20)14-7-5-13(2)6-8-14/h5-10,16,20H,4,11-12H2,1-3H3. The van der Waals surface area contributed by atoms with Crippen LogP contribution < -0.4 is 0 Å². The molecule has 4 heteroatoms. The van der Waals surface area contributed by atoms with Gasteiger partial charge in [-0.3, -0.25) is 9.58 Å². The van der Waals surface area contributed by atoms with E-state index in [4.69, 9.17) is 0 Å². The minimum atomic E-state index is -0.455. The second-order valence-corrected chi connectivity index (χ2v) is 5.20. The summed E-state index contributed by atoms with van der Waals surface area (Å²) in [5.41, 5.74) is 3.34. The molecule has 0 spiro atoms. The zero-order valence-electron chi connectivity index (χ0n) is 12.5. The highest BCUT2D eigenvalue weighted by molar-refractivity contribution is 5.23. The number of aliphatic hydroxyl groups is 1. The van der Waals surface area contributed by atoms with Crippen molar-refractivity contribution in [1.29, 1.82) is 0 Å². The summed E-state index contributed by atoms with van der Waals surface area (Å²) in [5, 5.41) is 14.5. The Kier molecular flexibility index (Phi) is 4.93. The maximum Gasteiger partial charge on any atom is 0.0917 e. The van der Waals surface area contributed by atoms with Gasteiger partial charge in [0, 0.05) is 26.3 Å². The number of benzene rings is 1. The van der Waals surface area contributed by atoms with E-state index in [0.717, 1.165) is 24.3 Å². The molecule has 20 heavy (non-hydrogen) atoms. The average molecular weight is 273 g/mol. The van der Waals surface area contributed by atoms with Crippen LogP contribution in [0.3, 0.4) is 0 Å². The summed E-state index contributed by atoms with van der Waals surface area (Å²) < 4.78 is 1.88. The van der Waals surface area contributed by atoms with Crippen molar-refractivity contribution in [3.8, 4) is 0 Å². The molecule has 1 N–H and O–H groups in total. The molecule has 0 aliphatic carbocycles. The summed E-state index contributed by atoms with van der Waals surface area (Å²) in [5.74, 6) is 0. The summed E-state index contributed by atoms with van der Waals surface area (Å²) in [4.78, 5) is 2.22. The molecule has 1 atom stereocenters. The molecule has 4 nitrogen and oxygen atoms in total. The van der Waals surface area contributed by atoms with Crippen molar-refractivity contribution in [2.24, 2.45) is 7.05 Å². The van der Waals surface area contributed by atoms with Crippen LogP contribution in [0.25, 0.3) is 0 Å². The lowest BCUT2D eigenvalue weighted by atomic mass is 10.1. The zero-order chi connectivity index (χ0) is 14.5. The molecule has 0 bridgehead atoms. The average Bonchev–Trinajstić information content (AvgIpc) is 2.84. The van der Waals surface area contributed by atoms with Crippen LogP contribution in [0.5, 0.6) is 0 Å². The van der Waals surface area contributed by atoms with Crippen molar-refractivity contribution in [1.82, 2.24) is 14.7 Å². The number of likely N-dealkylation sites (N-methyl/N-ethyl adjacent to an activating group) is 1. The third-order valence-corrected chi connectivity index (χ3v) is 3.65. The third kappa shape index (κ3) is 3.68. The van der Waals surface area contributed by atoms with E-state index in [1.807, 2.05) is 42.1 Å². The van der Waals surface area contributed by atoms with E-state index in [1.54, 1.807) is 6.20 Å². The van der Waals surface area contributed by atoms with Gasteiger partial charge in [-0.1, -0.05) is 36.8 Å². The molecule has 1 unspecified atom stereocenters. The molecular weight excluding hydrogens is 250 g/mol. The first-order chi connectivity index (χ1) is 9.60. The first-order valence-electron chi connectivity index (χ1n) is 7.04. The van der Waals surface area contributed by atoms with Crippen molar-refractivity contribution in [3.05, 3.63) is 53.3 Å². The molecule has 1 heterocycles. The lowest BCUT2D eigenvalue weighted by molar-refractivity contribution is 0.111. The van der Waals surface area contributed by atoms with Crippen molar-refractivity contribution < 1.29 is 5.11 Å². The maximum atomic E-state index is 10.3. The Bertz CT molecular complexity index is 533. The quantitative estimate of drug-likeness (QED) is 0.878. The summed E-state index contributed by atoms with van der Waals surface area (Å²) in [6.45, 7) is 6.49.